The van der Waals surface area contributed by atoms with E-state index < -0.39 is 0 Å². The van der Waals surface area contributed by atoms with Gasteiger partial charge in [-0.25, -0.2) is 5.01 Å². The molecular weight excluding hydrogens is 244 g/mol. The third-order valence-electron chi connectivity index (χ3n) is 5.33. The number of hydrogen-bond acceptors (Lipinski definition) is 2. The molecule has 0 bridgehead atoms. The van der Waals surface area contributed by atoms with Gasteiger partial charge < -0.3 is 5.01 Å². The van der Waals surface area contributed by atoms with Crippen molar-refractivity contribution in [2.75, 3.05) is 13.1 Å². The molecule has 0 amide bonds. The van der Waals surface area contributed by atoms with Gasteiger partial charge in [-0.1, -0.05) is 65.9 Å². The second kappa shape index (κ2) is 6.98. The van der Waals surface area contributed by atoms with Crippen molar-refractivity contribution in [3.63, 3.8) is 0 Å². The van der Waals surface area contributed by atoms with E-state index in [4.69, 9.17) is 0 Å². The minimum absolute atomic E-state index is 0.397. The zero-order valence-electron chi connectivity index (χ0n) is 13.9. The van der Waals surface area contributed by atoms with E-state index in [1.165, 1.54) is 57.9 Å². The molecule has 1 aliphatic carbocycles. The van der Waals surface area contributed by atoms with Crippen molar-refractivity contribution in [1.29, 1.82) is 0 Å². The lowest BCUT2D eigenvalue weighted by Crippen LogP contribution is -2.41. The summed E-state index contributed by atoms with van der Waals surface area (Å²) in [6.45, 7) is 13.6. The third-order valence-corrected chi connectivity index (χ3v) is 5.33. The predicted octanol–water partition coefficient (Wildman–Crippen LogP) is 4.83. The maximum absolute atomic E-state index is 4.05. The Morgan fingerprint density at radius 1 is 0.900 bits per heavy atom. The topological polar surface area (TPSA) is 6.48 Å². The van der Waals surface area contributed by atoms with Crippen LogP contribution < -0.4 is 0 Å². The summed E-state index contributed by atoms with van der Waals surface area (Å²) in [6.07, 6.45) is 13.4. The van der Waals surface area contributed by atoms with Crippen molar-refractivity contribution in [1.82, 2.24) is 10.0 Å². The summed E-state index contributed by atoms with van der Waals surface area (Å²) in [6, 6.07) is 0.749. The van der Waals surface area contributed by atoms with Crippen LogP contribution in [0.4, 0.5) is 0 Å². The lowest BCUT2D eigenvalue weighted by molar-refractivity contribution is 0.0202. The van der Waals surface area contributed by atoms with E-state index >= 15 is 0 Å². The first kappa shape index (κ1) is 15.9. The summed E-state index contributed by atoms with van der Waals surface area (Å²) in [4.78, 5) is 0. The predicted molar refractivity (Wildman–Crippen MR) is 87.3 cm³/mol. The van der Waals surface area contributed by atoms with Gasteiger partial charge in [-0.15, -0.1) is 0 Å². The van der Waals surface area contributed by atoms with Crippen LogP contribution in [0.5, 0.6) is 0 Å². The molecule has 0 aromatic rings. The van der Waals surface area contributed by atoms with Gasteiger partial charge in [0.25, 0.3) is 0 Å². The second-order valence-corrected chi connectivity index (χ2v) is 7.84. The van der Waals surface area contributed by atoms with Crippen molar-refractivity contribution < 1.29 is 0 Å². The van der Waals surface area contributed by atoms with Gasteiger partial charge in [0.05, 0.1) is 0 Å². The van der Waals surface area contributed by atoms with Crippen molar-refractivity contribution in [3.8, 4) is 0 Å². The molecule has 0 N–H and O–H groups in total. The Bertz CT molecular complexity index is 295. The molecule has 1 saturated carbocycles. The summed E-state index contributed by atoms with van der Waals surface area (Å²) in [5, 5.41) is 5.06. The van der Waals surface area contributed by atoms with Gasteiger partial charge in [0.2, 0.25) is 0 Å². The Morgan fingerprint density at radius 2 is 1.45 bits per heavy atom. The SMILES string of the molecule is C=CN1CC(C(C)(C)C)CN1C1CCCCCCCC1. The number of rotatable bonds is 2. The minimum Gasteiger partial charge on any atom is -0.313 e. The fraction of sp³-hybridized carbons (Fsp3) is 0.889. The molecule has 1 aliphatic heterocycles. The molecule has 1 unspecified atom stereocenters. The number of nitrogens with zero attached hydrogens (tertiary/aromatic N) is 2. The first-order valence-electron chi connectivity index (χ1n) is 8.68. The lowest BCUT2D eigenvalue weighted by atomic mass is 9.81. The fourth-order valence-corrected chi connectivity index (χ4v) is 3.71. The van der Waals surface area contributed by atoms with Crippen LogP contribution in [0.15, 0.2) is 12.8 Å². The van der Waals surface area contributed by atoms with Crippen molar-refractivity contribution in [2.24, 2.45) is 11.3 Å². The van der Waals surface area contributed by atoms with Crippen LogP contribution in [0.3, 0.4) is 0 Å². The standard InChI is InChI=1S/C18H34N2/c1-5-19-14-16(18(2,3)4)15-20(19)17-12-10-8-6-7-9-11-13-17/h5,16-17H,1,6-15H2,2-4H3. The minimum atomic E-state index is 0.397. The van der Waals surface area contributed by atoms with Gasteiger partial charge in [0, 0.05) is 25.3 Å². The molecule has 1 atom stereocenters. The van der Waals surface area contributed by atoms with Crippen LogP contribution in [-0.2, 0) is 0 Å². The Morgan fingerprint density at radius 3 is 1.95 bits per heavy atom. The van der Waals surface area contributed by atoms with Crippen LogP contribution in [0.25, 0.3) is 0 Å². The van der Waals surface area contributed by atoms with Crippen molar-refractivity contribution >= 4 is 0 Å². The highest BCUT2D eigenvalue weighted by atomic mass is 15.6. The molecule has 2 rings (SSSR count). The van der Waals surface area contributed by atoms with Crippen LogP contribution in [0, 0.1) is 11.3 Å². The number of hydrazine groups is 1. The molecule has 1 heterocycles. The van der Waals surface area contributed by atoms with E-state index in [0.717, 1.165) is 18.5 Å². The fourth-order valence-electron chi connectivity index (χ4n) is 3.71. The van der Waals surface area contributed by atoms with Crippen LogP contribution in [0.1, 0.15) is 72.1 Å². The summed E-state index contributed by atoms with van der Waals surface area (Å²) >= 11 is 0. The highest BCUT2D eigenvalue weighted by Crippen LogP contribution is 2.35. The molecule has 2 fully saturated rings. The Hall–Kier alpha value is -0.500. The molecule has 0 spiro atoms. The largest absolute Gasteiger partial charge is 0.313 e. The first-order chi connectivity index (χ1) is 9.52. The average molecular weight is 278 g/mol. The van der Waals surface area contributed by atoms with E-state index in [1.54, 1.807) is 0 Å². The normalized spacial score (nSPS) is 27.9. The molecule has 1 saturated heterocycles. The quantitative estimate of drug-likeness (QED) is 0.714. The summed E-state index contributed by atoms with van der Waals surface area (Å²) in [5.41, 5.74) is 0.397. The highest BCUT2D eigenvalue weighted by molar-refractivity contribution is 4.90. The molecule has 2 heteroatoms. The Kier molecular flexibility index (Phi) is 5.54. The molecule has 0 radical (unpaired) electrons. The van der Waals surface area contributed by atoms with Gasteiger partial charge in [-0.05, 0) is 24.2 Å². The third kappa shape index (κ3) is 4.00. The summed E-state index contributed by atoms with van der Waals surface area (Å²) in [5.74, 6) is 0.758. The first-order valence-corrected chi connectivity index (χ1v) is 8.68. The smallest absolute Gasteiger partial charge is 0.0386 e. The summed E-state index contributed by atoms with van der Waals surface area (Å²) in [7, 11) is 0. The molecule has 20 heavy (non-hydrogen) atoms. The molecule has 0 aromatic heterocycles. The molecule has 2 aliphatic rings. The Labute approximate surface area is 126 Å². The van der Waals surface area contributed by atoms with E-state index in [1.807, 2.05) is 0 Å². The van der Waals surface area contributed by atoms with Crippen molar-refractivity contribution in [3.05, 3.63) is 12.8 Å². The highest BCUT2D eigenvalue weighted by Gasteiger charge is 2.38. The molecule has 0 aromatic carbocycles. The van der Waals surface area contributed by atoms with E-state index in [9.17, 15) is 0 Å². The van der Waals surface area contributed by atoms with Gasteiger partial charge in [-0.3, -0.25) is 0 Å². The lowest BCUT2D eigenvalue weighted by Gasteiger charge is -2.34. The van der Waals surface area contributed by atoms with Gasteiger partial charge >= 0.3 is 0 Å². The Balaban J connectivity index is 2.02. The maximum atomic E-state index is 4.05. The van der Waals surface area contributed by atoms with E-state index in [2.05, 4.69) is 43.6 Å². The monoisotopic (exact) mass is 278 g/mol. The zero-order valence-corrected chi connectivity index (χ0v) is 13.9. The molecular formula is C18H34N2. The van der Waals surface area contributed by atoms with Crippen LogP contribution in [0.2, 0.25) is 0 Å². The second-order valence-electron chi connectivity index (χ2n) is 7.84. The van der Waals surface area contributed by atoms with Crippen LogP contribution in [-0.4, -0.2) is 29.1 Å². The van der Waals surface area contributed by atoms with Gasteiger partial charge in [-0.2, -0.15) is 0 Å². The van der Waals surface area contributed by atoms with Crippen molar-refractivity contribution in [2.45, 2.75) is 78.2 Å². The molecule has 116 valence electrons. The van der Waals surface area contributed by atoms with Gasteiger partial charge in [0.15, 0.2) is 0 Å². The molecule has 2 nitrogen and oxygen atoms in total. The van der Waals surface area contributed by atoms with Crippen LogP contribution >= 0.6 is 0 Å². The maximum Gasteiger partial charge on any atom is 0.0386 e. The zero-order chi connectivity index (χ0) is 14.6. The number of hydrogen-bond donors (Lipinski definition) is 0. The summed E-state index contributed by atoms with van der Waals surface area (Å²) < 4.78 is 0. The van der Waals surface area contributed by atoms with E-state index in [0.29, 0.717) is 5.41 Å². The van der Waals surface area contributed by atoms with Gasteiger partial charge in [0.1, 0.15) is 0 Å². The average Bonchev–Trinajstić information content (AvgIpc) is 2.87. The van der Waals surface area contributed by atoms with E-state index in [-0.39, 0.29) is 0 Å².